The standard InChI is InChI=1S/C11H15N5/c1-2-16-9-10(8-15-16)7-12-4-3-11-13-5-6-14-11/h2,5-6,8-9,12H,1,3-4,7H2,(H,13,14). The van der Waals surface area contributed by atoms with Crippen LogP contribution in [0.5, 0.6) is 0 Å². The van der Waals surface area contributed by atoms with Gasteiger partial charge in [-0.3, -0.25) is 0 Å². The van der Waals surface area contributed by atoms with Crippen molar-refractivity contribution in [1.29, 1.82) is 0 Å². The maximum Gasteiger partial charge on any atom is 0.107 e. The third kappa shape index (κ3) is 2.80. The summed E-state index contributed by atoms with van der Waals surface area (Å²) in [6.45, 7) is 5.35. The summed E-state index contributed by atoms with van der Waals surface area (Å²) in [5.74, 6) is 1.01. The molecule has 0 saturated carbocycles. The summed E-state index contributed by atoms with van der Waals surface area (Å²) in [4.78, 5) is 7.22. The number of rotatable bonds is 6. The average Bonchev–Trinajstić information content (AvgIpc) is 2.95. The van der Waals surface area contributed by atoms with Crippen LogP contribution < -0.4 is 5.32 Å². The van der Waals surface area contributed by atoms with Crippen LogP contribution >= 0.6 is 0 Å². The first-order valence-corrected chi connectivity index (χ1v) is 5.23. The van der Waals surface area contributed by atoms with Gasteiger partial charge in [0.15, 0.2) is 0 Å². The predicted octanol–water partition coefficient (Wildman–Crippen LogP) is 1.04. The van der Waals surface area contributed by atoms with Gasteiger partial charge in [-0.2, -0.15) is 5.10 Å². The molecule has 0 aliphatic heterocycles. The second-order valence-electron chi connectivity index (χ2n) is 3.47. The van der Waals surface area contributed by atoms with Gasteiger partial charge in [0.2, 0.25) is 0 Å². The van der Waals surface area contributed by atoms with Crippen LogP contribution in [0.1, 0.15) is 11.4 Å². The molecule has 0 aliphatic rings. The van der Waals surface area contributed by atoms with E-state index in [1.54, 1.807) is 17.1 Å². The number of aromatic amines is 1. The molecule has 0 saturated heterocycles. The van der Waals surface area contributed by atoms with Crippen LogP contribution in [0.15, 0.2) is 31.4 Å². The molecule has 0 atom stereocenters. The molecular weight excluding hydrogens is 202 g/mol. The molecule has 0 radical (unpaired) electrons. The number of imidazole rings is 1. The molecule has 0 amide bonds. The Balaban J connectivity index is 1.70. The molecule has 0 bridgehead atoms. The van der Waals surface area contributed by atoms with Crippen molar-refractivity contribution in [3.05, 3.63) is 42.8 Å². The van der Waals surface area contributed by atoms with Crippen molar-refractivity contribution in [2.45, 2.75) is 13.0 Å². The Labute approximate surface area is 94.2 Å². The van der Waals surface area contributed by atoms with Gasteiger partial charge >= 0.3 is 0 Å². The maximum atomic E-state index is 4.15. The van der Waals surface area contributed by atoms with Gasteiger partial charge in [-0.1, -0.05) is 6.58 Å². The fourth-order valence-corrected chi connectivity index (χ4v) is 1.44. The van der Waals surface area contributed by atoms with Crippen molar-refractivity contribution in [3.63, 3.8) is 0 Å². The smallest absolute Gasteiger partial charge is 0.107 e. The molecule has 84 valence electrons. The van der Waals surface area contributed by atoms with Crippen LogP contribution in [0.25, 0.3) is 6.20 Å². The number of H-pyrrole nitrogens is 1. The molecule has 2 aromatic rings. The summed E-state index contributed by atoms with van der Waals surface area (Å²) in [5.41, 5.74) is 1.15. The Hall–Kier alpha value is -1.88. The van der Waals surface area contributed by atoms with Gasteiger partial charge in [-0.15, -0.1) is 0 Å². The maximum absolute atomic E-state index is 4.15. The number of hydrogen-bond acceptors (Lipinski definition) is 3. The topological polar surface area (TPSA) is 58.5 Å². The molecule has 5 heteroatoms. The summed E-state index contributed by atoms with van der Waals surface area (Å²) >= 11 is 0. The monoisotopic (exact) mass is 217 g/mol. The van der Waals surface area contributed by atoms with Gasteiger partial charge < -0.3 is 10.3 Å². The van der Waals surface area contributed by atoms with Crippen LogP contribution in [-0.4, -0.2) is 26.3 Å². The Morgan fingerprint density at radius 1 is 1.56 bits per heavy atom. The molecule has 2 N–H and O–H groups in total. The largest absolute Gasteiger partial charge is 0.349 e. The minimum Gasteiger partial charge on any atom is -0.349 e. The fraction of sp³-hybridized carbons (Fsp3) is 0.273. The molecule has 2 heterocycles. The highest BCUT2D eigenvalue weighted by Crippen LogP contribution is 1.97. The zero-order valence-electron chi connectivity index (χ0n) is 9.06. The Morgan fingerprint density at radius 3 is 3.19 bits per heavy atom. The first kappa shape index (κ1) is 10.6. The molecule has 16 heavy (non-hydrogen) atoms. The van der Waals surface area contributed by atoms with Crippen molar-refractivity contribution in [2.75, 3.05) is 6.54 Å². The van der Waals surface area contributed by atoms with Crippen LogP contribution in [0.2, 0.25) is 0 Å². The molecule has 2 rings (SSSR count). The highest BCUT2D eigenvalue weighted by Gasteiger charge is 1.97. The van der Waals surface area contributed by atoms with Crippen molar-refractivity contribution >= 4 is 6.20 Å². The molecular formula is C11H15N5. The van der Waals surface area contributed by atoms with E-state index >= 15 is 0 Å². The van der Waals surface area contributed by atoms with E-state index in [-0.39, 0.29) is 0 Å². The lowest BCUT2D eigenvalue weighted by molar-refractivity contribution is 0.674. The third-order valence-corrected chi connectivity index (χ3v) is 2.26. The van der Waals surface area contributed by atoms with E-state index in [1.165, 1.54) is 0 Å². The zero-order valence-corrected chi connectivity index (χ0v) is 9.06. The highest BCUT2D eigenvalue weighted by molar-refractivity contribution is 5.17. The second-order valence-corrected chi connectivity index (χ2v) is 3.47. The van der Waals surface area contributed by atoms with E-state index in [2.05, 4.69) is 27.0 Å². The van der Waals surface area contributed by atoms with E-state index in [1.807, 2.05) is 18.6 Å². The Morgan fingerprint density at radius 2 is 2.50 bits per heavy atom. The first-order chi connectivity index (χ1) is 7.88. The van der Waals surface area contributed by atoms with Gasteiger partial charge in [0, 0.05) is 49.9 Å². The molecule has 0 aliphatic carbocycles. The lowest BCUT2D eigenvalue weighted by Gasteiger charge is -2.00. The fourth-order valence-electron chi connectivity index (χ4n) is 1.44. The van der Waals surface area contributed by atoms with Gasteiger partial charge in [0.25, 0.3) is 0 Å². The van der Waals surface area contributed by atoms with Gasteiger partial charge in [-0.05, 0) is 0 Å². The molecule has 0 unspecified atom stereocenters. The van der Waals surface area contributed by atoms with E-state index in [0.29, 0.717) is 0 Å². The summed E-state index contributed by atoms with van der Waals surface area (Å²) in [7, 11) is 0. The van der Waals surface area contributed by atoms with Crippen molar-refractivity contribution in [1.82, 2.24) is 25.1 Å². The van der Waals surface area contributed by atoms with E-state index in [4.69, 9.17) is 0 Å². The summed E-state index contributed by atoms with van der Waals surface area (Å²) in [6.07, 6.45) is 9.97. The van der Waals surface area contributed by atoms with Crippen molar-refractivity contribution in [3.8, 4) is 0 Å². The lowest BCUT2D eigenvalue weighted by atomic mass is 10.3. The van der Waals surface area contributed by atoms with Crippen LogP contribution in [0.4, 0.5) is 0 Å². The predicted molar refractivity (Wildman–Crippen MR) is 62.6 cm³/mol. The summed E-state index contributed by atoms with van der Waals surface area (Å²) in [6, 6.07) is 0. The third-order valence-electron chi connectivity index (χ3n) is 2.26. The minimum atomic E-state index is 0.814. The highest BCUT2D eigenvalue weighted by atomic mass is 15.2. The Kier molecular flexibility index (Phi) is 3.50. The number of nitrogens with one attached hydrogen (secondary N) is 2. The van der Waals surface area contributed by atoms with Gasteiger partial charge in [-0.25, -0.2) is 9.67 Å². The van der Waals surface area contributed by atoms with Gasteiger partial charge in [0.05, 0.1) is 6.20 Å². The van der Waals surface area contributed by atoms with Gasteiger partial charge in [0.1, 0.15) is 5.82 Å². The average molecular weight is 217 g/mol. The van der Waals surface area contributed by atoms with E-state index < -0.39 is 0 Å². The van der Waals surface area contributed by atoms with Crippen LogP contribution in [0.3, 0.4) is 0 Å². The number of hydrogen-bond donors (Lipinski definition) is 2. The zero-order chi connectivity index (χ0) is 11.2. The number of nitrogens with zero attached hydrogens (tertiary/aromatic N) is 3. The Bertz CT molecular complexity index is 429. The molecule has 2 aromatic heterocycles. The number of aromatic nitrogens is 4. The second kappa shape index (κ2) is 5.27. The molecule has 0 spiro atoms. The summed E-state index contributed by atoms with van der Waals surface area (Å²) in [5, 5.41) is 7.43. The SMILES string of the molecule is C=Cn1cc(CNCCc2ncc[nH]2)cn1. The lowest BCUT2D eigenvalue weighted by Crippen LogP contribution is -2.16. The van der Waals surface area contributed by atoms with Crippen LogP contribution in [-0.2, 0) is 13.0 Å². The minimum absolute atomic E-state index is 0.814. The molecule has 0 aromatic carbocycles. The van der Waals surface area contributed by atoms with Crippen molar-refractivity contribution in [2.24, 2.45) is 0 Å². The van der Waals surface area contributed by atoms with Crippen molar-refractivity contribution < 1.29 is 0 Å². The molecule has 0 fully saturated rings. The van der Waals surface area contributed by atoms with E-state index in [0.717, 1.165) is 30.9 Å². The quantitative estimate of drug-likeness (QED) is 0.711. The first-order valence-electron chi connectivity index (χ1n) is 5.23. The van der Waals surface area contributed by atoms with E-state index in [9.17, 15) is 0 Å². The normalized spacial score (nSPS) is 10.5. The molecule has 5 nitrogen and oxygen atoms in total. The van der Waals surface area contributed by atoms with Crippen LogP contribution in [0, 0.1) is 0 Å². The summed E-state index contributed by atoms with van der Waals surface area (Å²) < 4.78 is 1.70.